The molecule has 1 aromatic heterocycles. The number of likely N-dealkylation sites (N-methyl/N-ethyl adjacent to an activating group) is 1. The first-order valence-corrected chi connectivity index (χ1v) is 9.12. The van der Waals surface area contributed by atoms with Gasteiger partial charge in [0.15, 0.2) is 0 Å². The van der Waals surface area contributed by atoms with Gasteiger partial charge in [0.1, 0.15) is 6.10 Å². The molecule has 3 atom stereocenters. The summed E-state index contributed by atoms with van der Waals surface area (Å²) in [6, 6.07) is 5.01. The van der Waals surface area contributed by atoms with E-state index in [2.05, 4.69) is 43.0 Å². The molecule has 0 N–H and O–H groups in total. The van der Waals surface area contributed by atoms with Crippen LogP contribution in [0, 0.1) is 6.92 Å². The predicted molar refractivity (Wildman–Crippen MR) is 90.5 cm³/mol. The molecule has 2 aliphatic rings. The van der Waals surface area contributed by atoms with Gasteiger partial charge in [0, 0.05) is 42.0 Å². The molecule has 3 rings (SSSR count). The third kappa shape index (κ3) is 3.89. The van der Waals surface area contributed by atoms with Crippen LogP contribution in [0.2, 0.25) is 0 Å². The summed E-state index contributed by atoms with van der Waals surface area (Å²) in [5.74, 6) is 0. The van der Waals surface area contributed by atoms with E-state index < -0.39 is 0 Å². The summed E-state index contributed by atoms with van der Waals surface area (Å²) < 4.78 is 12.2. The number of hydrogen-bond donors (Lipinski definition) is 0. The highest BCUT2D eigenvalue weighted by atomic mass is 32.1. The van der Waals surface area contributed by atoms with Gasteiger partial charge < -0.3 is 14.4 Å². The summed E-state index contributed by atoms with van der Waals surface area (Å²) in [5.41, 5.74) is 0. The van der Waals surface area contributed by atoms with Crippen molar-refractivity contribution < 1.29 is 9.47 Å². The first-order chi connectivity index (χ1) is 10.6. The fraction of sp³-hybridized carbons (Fsp3) is 0.765. The van der Waals surface area contributed by atoms with Crippen molar-refractivity contribution >= 4 is 11.3 Å². The van der Waals surface area contributed by atoms with Crippen molar-refractivity contribution in [3.05, 3.63) is 21.9 Å². The van der Waals surface area contributed by atoms with Crippen molar-refractivity contribution in [2.75, 3.05) is 40.4 Å². The average Bonchev–Trinajstić information content (AvgIpc) is 3.04. The predicted octanol–water partition coefficient (Wildman–Crippen LogP) is 2.37. The monoisotopic (exact) mass is 324 g/mol. The molecule has 1 aromatic rings. The summed E-state index contributed by atoms with van der Waals surface area (Å²) in [6.45, 7) is 6.86. The SMILES string of the molecule is Cc1ccc(CN2C[C@H](OCCN(C)C)[C@H]3OCCC[C@H]32)s1. The van der Waals surface area contributed by atoms with Gasteiger partial charge >= 0.3 is 0 Å². The number of nitrogens with zero attached hydrogens (tertiary/aromatic N) is 2. The van der Waals surface area contributed by atoms with Gasteiger partial charge in [-0.2, -0.15) is 0 Å². The van der Waals surface area contributed by atoms with Gasteiger partial charge in [-0.05, 0) is 46.0 Å². The number of hydrogen-bond acceptors (Lipinski definition) is 5. The second kappa shape index (κ2) is 7.41. The smallest absolute Gasteiger partial charge is 0.100 e. The molecule has 5 heteroatoms. The third-order valence-electron chi connectivity index (χ3n) is 4.61. The maximum absolute atomic E-state index is 6.15. The Bertz CT molecular complexity index is 477. The van der Waals surface area contributed by atoms with Gasteiger partial charge in [0.05, 0.1) is 12.7 Å². The number of aryl methyl sites for hydroxylation is 1. The highest BCUT2D eigenvalue weighted by molar-refractivity contribution is 7.11. The number of rotatable bonds is 6. The Kier molecular flexibility index (Phi) is 5.52. The Morgan fingerprint density at radius 1 is 1.41 bits per heavy atom. The molecule has 0 saturated carbocycles. The van der Waals surface area contributed by atoms with E-state index in [0.29, 0.717) is 6.04 Å². The molecule has 0 aromatic carbocycles. The van der Waals surface area contributed by atoms with E-state index in [1.165, 1.54) is 22.6 Å². The molecule has 0 spiro atoms. The Morgan fingerprint density at radius 3 is 3.00 bits per heavy atom. The fourth-order valence-electron chi connectivity index (χ4n) is 3.49. The Labute approximate surface area is 138 Å². The number of likely N-dealkylation sites (tertiary alicyclic amines) is 1. The standard InChI is InChI=1S/C17H28N2O2S/c1-13-6-7-14(22-13)11-19-12-16(20-10-8-18(2)3)17-15(19)5-4-9-21-17/h6-7,15-17H,4-5,8-12H2,1-3H3/t15-,16+,17+/m1/s1. The summed E-state index contributed by atoms with van der Waals surface area (Å²) >= 11 is 1.91. The van der Waals surface area contributed by atoms with Gasteiger partial charge in [-0.25, -0.2) is 0 Å². The zero-order chi connectivity index (χ0) is 15.5. The molecule has 22 heavy (non-hydrogen) atoms. The van der Waals surface area contributed by atoms with Crippen LogP contribution in [0.15, 0.2) is 12.1 Å². The van der Waals surface area contributed by atoms with Gasteiger partial charge in [0.25, 0.3) is 0 Å². The maximum atomic E-state index is 6.15. The normalized spacial score (nSPS) is 29.2. The van der Waals surface area contributed by atoms with Gasteiger partial charge in [-0.15, -0.1) is 11.3 Å². The van der Waals surface area contributed by atoms with E-state index in [4.69, 9.17) is 9.47 Å². The van der Waals surface area contributed by atoms with Gasteiger partial charge in [-0.3, -0.25) is 4.90 Å². The Balaban J connectivity index is 1.61. The molecule has 2 saturated heterocycles. The fourth-order valence-corrected chi connectivity index (χ4v) is 4.41. The number of ether oxygens (including phenoxy) is 2. The Hall–Kier alpha value is -0.460. The molecule has 124 valence electrons. The van der Waals surface area contributed by atoms with E-state index >= 15 is 0 Å². The molecule has 0 amide bonds. The molecular weight excluding hydrogens is 296 g/mol. The van der Waals surface area contributed by atoms with Crippen molar-refractivity contribution in [1.29, 1.82) is 0 Å². The average molecular weight is 324 g/mol. The molecule has 0 radical (unpaired) electrons. The minimum Gasteiger partial charge on any atom is -0.374 e. The largest absolute Gasteiger partial charge is 0.374 e. The zero-order valence-corrected chi connectivity index (χ0v) is 14.8. The van der Waals surface area contributed by atoms with E-state index in [9.17, 15) is 0 Å². The van der Waals surface area contributed by atoms with Crippen molar-refractivity contribution in [3.8, 4) is 0 Å². The highest BCUT2D eigenvalue weighted by Crippen LogP contribution is 2.32. The molecule has 3 heterocycles. The molecule has 2 aliphatic heterocycles. The third-order valence-corrected chi connectivity index (χ3v) is 5.59. The van der Waals surface area contributed by atoms with Crippen LogP contribution in [-0.4, -0.2) is 68.4 Å². The van der Waals surface area contributed by atoms with Crippen LogP contribution in [0.1, 0.15) is 22.6 Å². The summed E-state index contributed by atoms with van der Waals surface area (Å²) in [6.07, 6.45) is 2.90. The van der Waals surface area contributed by atoms with Crippen molar-refractivity contribution in [3.63, 3.8) is 0 Å². The molecule has 0 aliphatic carbocycles. The van der Waals surface area contributed by atoms with E-state index in [0.717, 1.165) is 32.8 Å². The lowest BCUT2D eigenvalue weighted by atomic mass is 10.0. The highest BCUT2D eigenvalue weighted by Gasteiger charge is 2.44. The quantitative estimate of drug-likeness (QED) is 0.802. The van der Waals surface area contributed by atoms with E-state index in [1.807, 2.05) is 11.3 Å². The van der Waals surface area contributed by atoms with E-state index in [1.54, 1.807) is 0 Å². The molecule has 0 unspecified atom stereocenters. The second-order valence-corrected chi connectivity index (χ2v) is 8.07. The number of thiophene rings is 1. The van der Waals surface area contributed by atoms with Crippen molar-refractivity contribution in [2.24, 2.45) is 0 Å². The van der Waals surface area contributed by atoms with Gasteiger partial charge in [-0.1, -0.05) is 0 Å². The summed E-state index contributed by atoms with van der Waals surface area (Å²) in [4.78, 5) is 7.59. The second-order valence-electron chi connectivity index (χ2n) is 6.70. The minimum absolute atomic E-state index is 0.228. The summed E-state index contributed by atoms with van der Waals surface area (Å²) in [5, 5.41) is 0. The van der Waals surface area contributed by atoms with Crippen LogP contribution in [0.25, 0.3) is 0 Å². The van der Waals surface area contributed by atoms with Gasteiger partial charge in [0.2, 0.25) is 0 Å². The van der Waals surface area contributed by atoms with Crippen LogP contribution in [0.3, 0.4) is 0 Å². The van der Waals surface area contributed by atoms with Crippen molar-refractivity contribution in [1.82, 2.24) is 9.80 Å². The molecule has 0 bridgehead atoms. The summed E-state index contributed by atoms with van der Waals surface area (Å²) in [7, 11) is 4.17. The van der Waals surface area contributed by atoms with Crippen LogP contribution in [0.4, 0.5) is 0 Å². The van der Waals surface area contributed by atoms with Crippen LogP contribution in [-0.2, 0) is 16.0 Å². The molecule has 2 fully saturated rings. The van der Waals surface area contributed by atoms with Crippen molar-refractivity contribution in [2.45, 2.75) is 44.6 Å². The topological polar surface area (TPSA) is 24.9 Å². The lowest BCUT2D eigenvalue weighted by molar-refractivity contribution is -0.0786. The molecular formula is C17H28N2O2S. The lowest BCUT2D eigenvalue weighted by Gasteiger charge is -2.32. The van der Waals surface area contributed by atoms with Crippen LogP contribution in [0.5, 0.6) is 0 Å². The first kappa shape index (κ1) is 16.4. The first-order valence-electron chi connectivity index (χ1n) is 8.31. The minimum atomic E-state index is 0.228. The Morgan fingerprint density at radius 2 is 2.27 bits per heavy atom. The van der Waals surface area contributed by atoms with E-state index in [-0.39, 0.29) is 12.2 Å². The molecule has 4 nitrogen and oxygen atoms in total. The maximum Gasteiger partial charge on any atom is 0.100 e. The lowest BCUT2D eigenvalue weighted by Crippen LogP contribution is -2.42. The number of fused-ring (bicyclic) bond motifs is 1. The zero-order valence-electron chi connectivity index (χ0n) is 14.0. The van der Waals surface area contributed by atoms with Crippen LogP contribution >= 0.6 is 11.3 Å². The van der Waals surface area contributed by atoms with Crippen LogP contribution < -0.4 is 0 Å².